The summed E-state index contributed by atoms with van der Waals surface area (Å²) < 4.78 is 0. The van der Waals surface area contributed by atoms with Crippen molar-refractivity contribution in [2.75, 3.05) is 19.6 Å². The number of hydrogen-bond donors (Lipinski definition) is 1. The van der Waals surface area contributed by atoms with Crippen LogP contribution >= 0.6 is 0 Å². The lowest BCUT2D eigenvalue weighted by Crippen LogP contribution is -2.48. The average Bonchev–Trinajstić information content (AvgIpc) is 3.00. The first kappa shape index (κ1) is 15.5. The molecule has 1 aromatic rings. The topological polar surface area (TPSA) is 43.8 Å². The van der Waals surface area contributed by atoms with Gasteiger partial charge in [-0.25, -0.2) is 0 Å². The maximum atomic E-state index is 12.5. The third kappa shape index (κ3) is 3.18. The molecule has 2 atom stereocenters. The molecule has 3 rings (SSSR count). The van der Waals surface area contributed by atoms with Crippen molar-refractivity contribution in [1.82, 2.24) is 9.80 Å². The van der Waals surface area contributed by atoms with E-state index in [0.717, 1.165) is 25.9 Å². The number of carbonyl (C=O) groups excluding carboxylic acids is 1. The van der Waals surface area contributed by atoms with Gasteiger partial charge in [0, 0.05) is 25.2 Å². The van der Waals surface area contributed by atoms with Gasteiger partial charge >= 0.3 is 0 Å². The monoisotopic (exact) mass is 302 g/mol. The summed E-state index contributed by atoms with van der Waals surface area (Å²) in [5, 5.41) is 10.3. The summed E-state index contributed by atoms with van der Waals surface area (Å²) in [5.74, 6) is -0.154. The van der Waals surface area contributed by atoms with Crippen molar-refractivity contribution >= 4 is 5.91 Å². The number of carbonyl (C=O) groups is 1. The summed E-state index contributed by atoms with van der Waals surface area (Å²) in [4.78, 5) is 16.9. The van der Waals surface area contributed by atoms with Crippen LogP contribution in [-0.2, 0) is 4.79 Å². The first-order valence-corrected chi connectivity index (χ1v) is 8.44. The maximum Gasteiger partial charge on any atom is 0.256 e. The zero-order valence-electron chi connectivity index (χ0n) is 13.3. The third-order valence-electron chi connectivity index (χ3n) is 5.20. The third-order valence-corrected chi connectivity index (χ3v) is 5.20. The van der Waals surface area contributed by atoms with Gasteiger partial charge in [0.25, 0.3) is 5.91 Å². The van der Waals surface area contributed by atoms with Crippen LogP contribution in [0, 0.1) is 0 Å². The van der Waals surface area contributed by atoms with E-state index in [-0.39, 0.29) is 5.91 Å². The molecule has 0 spiro atoms. The summed E-state index contributed by atoms with van der Waals surface area (Å²) in [6.07, 6.45) is 3.62. The number of hydrogen-bond acceptors (Lipinski definition) is 3. The van der Waals surface area contributed by atoms with E-state index in [4.69, 9.17) is 0 Å². The van der Waals surface area contributed by atoms with E-state index in [2.05, 4.69) is 11.8 Å². The van der Waals surface area contributed by atoms with Crippen LogP contribution < -0.4 is 0 Å². The van der Waals surface area contributed by atoms with Gasteiger partial charge in [-0.15, -0.1) is 0 Å². The molecule has 2 aliphatic rings. The van der Waals surface area contributed by atoms with Crippen LogP contribution in [0.4, 0.5) is 0 Å². The smallest absolute Gasteiger partial charge is 0.256 e. The zero-order chi connectivity index (χ0) is 15.5. The number of piperidine rings is 1. The van der Waals surface area contributed by atoms with Crippen LogP contribution in [0.3, 0.4) is 0 Å². The van der Waals surface area contributed by atoms with E-state index in [1.165, 1.54) is 19.4 Å². The molecule has 2 aliphatic heterocycles. The van der Waals surface area contributed by atoms with Gasteiger partial charge in [0.05, 0.1) is 0 Å². The summed E-state index contributed by atoms with van der Waals surface area (Å²) in [6, 6.07) is 10.5. The molecule has 120 valence electrons. The lowest BCUT2D eigenvalue weighted by molar-refractivity contribution is -0.142. The van der Waals surface area contributed by atoms with E-state index in [1.54, 1.807) is 12.1 Å². The highest BCUT2D eigenvalue weighted by atomic mass is 16.3. The van der Waals surface area contributed by atoms with Gasteiger partial charge in [-0.1, -0.05) is 30.3 Å². The normalized spacial score (nSPS) is 25.4. The van der Waals surface area contributed by atoms with Gasteiger partial charge in [0.2, 0.25) is 0 Å². The largest absolute Gasteiger partial charge is 0.378 e. The predicted molar refractivity (Wildman–Crippen MR) is 86.4 cm³/mol. The fraction of sp³-hybridized carbons (Fsp3) is 0.611. The molecule has 0 aliphatic carbocycles. The van der Waals surface area contributed by atoms with Crippen molar-refractivity contribution in [3.8, 4) is 0 Å². The van der Waals surface area contributed by atoms with Gasteiger partial charge in [-0.2, -0.15) is 0 Å². The van der Waals surface area contributed by atoms with Crippen LogP contribution in [0.15, 0.2) is 30.3 Å². The molecular formula is C18H26N2O2. The second kappa shape index (κ2) is 6.80. The fourth-order valence-corrected chi connectivity index (χ4v) is 3.87. The van der Waals surface area contributed by atoms with Gasteiger partial charge in [-0.05, 0) is 44.7 Å². The number of amides is 1. The Hall–Kier alpha value is -1.39. The van der Waals surface area contributed by atoms with Gasteiger partial charge in [0.1, 0.15) is 0 Å². The highest BCUT2D eigenvalue weighted by Gasteiger charge is 2.33. The number of likely N-dealkylation sites (tertiary alicyclic amines) is 2. The van der Waals surface area contributed by atoms with Crippen LogP contribution in [0.25, 0.3) is 0 Å². The Bertz CT molecular complexity index is 497. The Morgan fingerprint density at radius 3 is 2.41 bits per heavy atom. The standard InChI is InChI=1S/C18H26N2O2/c1-14-6-5-11-20(14)16-9-12-19(13-10-16)18(22)17(21)15-7-3-2-4-8-15/h2-4,7-8,14,16-17,21H,5-6,9-13H2,1H3/t14-,17-/m1/s1. The molecule has 0 aromatic heterocycles. The molecule has 4 heteroatoms. The molecule has 1 aromatic carbocycles. The van der Waals surface area contributed by atoms with Crippen molar-refractivity contribution in [1.29, 1.82) is 0 Å². The van der Waals surface area contributed by atoms with E-state index in [9.17, 15) is 9.90 Å². The van der Waals surface area contributed by atoms with E-state index in [1.807, 2.05) is 23.1 Å². The van der Waals surface area contributed by atoms with Crippen LogP contribution in [0.1, 0.15) is 44.3 Å². The van der Waals surface area contributed by atoms with Crippen molar-refractivity contribution in [2.24, 2.45) is 0 Å². The predicted octanol–water partition coefficient (Wildman–Crippen LogP) is 2.20. The minimum Gasteiger partial charge on any atom is -0.378 e. The van der Waals surface area contributed by atoms with E-state index < -0.39 is 6.10 Å². The summed E-state index contributed by atoms with van der Waals surface area (Å²) >= 11 is 0. The first-order chi connectivity index (χ1) is 10.7. The van der Waals surface area contributed by atoms with Crippen LogP contribution in [0.5, 0.6) is 0 Å². The van der Waals surface area contributed by atoms with Crippen molar-refractivity contribution < 1.29 is 9.90 Å². The minimum absolute atomic E-state index is 0.154. The maximum absolute atomic E-state index is 12.5. The average molecular weight is 302 g/mol. The lowest BCUT2D eigenvalue weighted by Gasteiger charge is -2.39. The number of benzene rings is 1. The van der Waals surface area contributed by atoms with Crippen molar-refractivity contribution in [2.45, 2.75) is 50.8 Å². The summed E-state index contributed by atoms with van der Waals surface area (Å²) in [5.41, 5.74) is 0.683. The molecule has 0 unspecified atom stereocenters. The summed E-state index contributed by atoms with van der Waals surface area (Å²) in [6.45, 7) is 5.03. The highest BCUT2D eigenvalue weighted by molar-refractivity contribution is 5.82. The van der Waals surface area contributed by atoms with Crippen molar-refractivity contribution in [3.05, 3.63) is 35.9 Å². The molecule has 22 heavy (non-hydrogen) atoms. The quantitative estimate of drug-likeness (QED) is 0.931. The Kier molecular flexibility index (Phi) is 4.79. The van der Waals surface area contributed by atoms with Crippen LogP contribution in [0.2, 0.25) is 0 Å². The van der Waals surface area contributed by atoms with Crippen molar-refractivity contribution in [3.63, 3.8) is 0 Å². The second-order valence-corrected chi connectivity index (χ2v) is 6.60. The molecule has 2 heterocycles. The molecule has 2 fully saturated rings. The summed E-state index contributed by atoms with van der Waals surface area (Å²) in [7, 11) is 0. The molecule has 0 bridgehead atoms. The molecular weight excluding hydrogens is 276 g/mol. The molecule has 4 nitrogen and oxygen atoms in total. The van der Waals surface area contributed by atoms with Gasteiger partial charge in [-0.3, -0.25) is 9.69 Å². The molecule has 0 radical (unpaired) electrons. The first-order valence-electron chi connectivity index (χ1n) is 8.44. The second-order valence-electron chi connectivity index (χ2n) is 6.60. The molecule has 1 amide bonds. The lowest BCUT2D eigenvalue weighted by atomic mass is 10.0. The number of rotatable bonds is 3. The number of aliphatic hydroxyl groups is 1. The van der Waals surface area contributed by atoms with E-state index >= 15 is 0 Å². The Balaban J connectivity index is 1.56. The van der Waals surface area contributed by atoms with Gasteiger partial charge in [0.15, 0.2) is 6.10 Å². The Morgan fingerprint density at radius 2 is 1.82 bits per heavy atom. The Labute approximate surface area is 132 Å². The SMILES string of the molecule is C[C@@H]1CCCN1C1CCN(C(=O)[C@H](O)c2ccccc2)CC1. The molecule has 2 saturated heterocycles. The molecule has 0 saturated carbocycles. The number of nitrogens with zero attached hydrogens (tertiary/aromatic N) is 2. The molecule has 1 N–H and O–H groups in total. The fourth-order valence-electron chi connectivity index (χ4n) is 3.87. The highest BCUT2D eigenvalue weighted by Crippen LogP contribution is 2.26. The number of aliphatic hydroxyl groups excluding tert-OH is 1. The van der Waals surface area contributed by atoms with E-state index in [0.29, 0.717) is 17.6 Å². The zero-order valence-corrected chi connectivity index (χ0v) is 13.3. The van der Waals surface area contributed by atoms with Crippen LogP contribution in [-0.4, -0.2) is 52.5 Å². The minimum atomic E-state index is -1.02. The Morgan fingerprint density at radius 1 is 1.14 bits per heavy atom. The van der Waals surface area contributed by atoms with Gasteiger partial charge < -0.3 is 10.0 Å².